The number of esters is 1. The molecule has 0 amide bonds. The van der Waals surface area contributed by atoms with Gasteiger partial charge in [-0.15, -0.1) is 11.3 Å². The van der Waals surface area contributed by atoms with Crippen LogP contribution in [0.25, 0.3) is 16.8 Å². The van der Waals surface area contributed by atoms with E-state index in [0.717, 1.165) is 15.6 Å². The number of benzene rings is 2. The second kappa shape index (κ2) is 5.72. The van der Waals surface area contributed by atoms with Gasteiger partial charge in [-0.3, -0.25) is 0 Å². The molecule has 0 fully saturated rings. The minimum Gasteiger partial charge on any atom is -0.423 e. The quantitative estimate of drug-likeness (QED) is 0.400. The Morgan fingerprint density at radius 2 is 1.85 bits per heavy atom. The van der Waals surface area contributed by atoms with Crippen LogP contribution in [0.4, 0.5) is 0 Å². The van der Waals surface area contributed by atoms with Crippen LogP contribution in [0.1, 0.15) is 4.88 Å². The van der Waals surface area contributed by atoms with Gasteiger partial charge in [0.15, 0.2) is 0 Å². The van der Waals surface area contributed by atoms with Gasteiger partial charge in [0.1, 0.15) is 5.75 Å². The summed E-state index contributed by atoms with van der Waals surface area (Å²) in [5.74, 6) is 0.193. The lowest BCUT2D eigenvalue weighted by Gasteiger charge is -2.03. The average molecular weight is 280 g/mol. The normalized spacial score (nSPS) is 11.0. The highest BCUT2D eigenvalue weighted by molar-refractivity contribution is 7.10. The summed E-state index contributed by atoms with van der Waals surface area (Å²) in [7, 11) is 0. The fourth-order valence-electron chi connectivity index (χ4n) is 1.92. The lowest BCUT2D eigenvalue weighted by molar-refractivity contribution is -0.128. The molecule has 0 bridgehead atoms. The molecule has 0 atom stereocenters. The van der Waals surface area contributed by atoms with Crippen LogP contribution in [0.15, 0.2) is 66.1 Å². The smallest absolute Gasteiger partial charge is 0.336 e. The zero-order valence-corrected chi connectivity index (χ0v) is 11.5. The Balaban J connectivity index is 1.74. The number of ether oxygens (including phenoxy) is 1. The molecule has 0 aliphatic rings. The highest BCUT2D eigenvalue weighted by Crippen LogP contribution is 2.20. The van der Waals surface area contributed by atoms with Gasteiger partial charge in [0.25, 0.3) is 0 Å². The van der Waals surface area contributed by atoms with E-state index in [1.807, 2.05) is 53.9 Å². The fraction of sp³-hybridized carbons (Fsp3) is 0. The molecule has 0 N–H and O–H groups in total. The van der Waals surface area contributed by atoms with E-state index in [-0.39, 0.29) is 5.97 Å². The first-order valence-corrected chi connectivity index (χ1v) is 7.11. The molecule has 0 unspecified atom stereocenters. The first-order chi connectivity index (χ1) is 9.81. The number of carbonyl (C=O) groups excluding carboxylic acids is 1. The summed E-state index contributed by atoms with van der Waals surface area (Å²) in [4.78, 5) is 12.8. The second-order valence-electron chi connectivity index (χ2n) is 4.28. The number of hydrogen-bond donors (Lipinski definition) is 0. The molecule has 1 heterocycles. The zero-order chi connectivity index (χ0) is 13.8. The van der Waals surface area contributed by atoms with Gasteiger partial charge in [0, 0.05) is 11.0 Å². The van der Waals surface area contributed by atoms with Crippen molar-refractivity contribution in [2.75, 3.05) is 0 Å². The Morgan fingerprint density at radius 1 is 1.00 bits per heavy atom. The Hall–Kier alpha value is -2.39. The molecule has 3 rings (SSSR count). The van der Waals surface area contributed by atoms with Gasteiger partial charge < -0.3 is 4.74 Å². The molecule has 2 nitrogen and oxygen atoms in total. The minimum absolute atomic E-state index is 0.367. The summed E-state index contributed by atoms with van der Waals surface area (Å²) in [5, 5.41) is 4.15. The fourth-order valence-corrected chi connectivity index (χ4v) is 2.54. The van der Waals surface area contributed by atoms with E-state index < -0.39 is 0 Å². The van der Waals surface area contributed by atoms with Gasteiger partial charge in [-0.2, -0.15) is 0 Å². The monoisotopic (exact) mass is 280 g/mol. The largest absolute Gasteiger partial charge is 0.423 e. The van der Waals surface area contributed by atoms with Crippen molar-refractivity contribution in [3.63, 3.8) is 0 Å². The summed E-state index contributed by atoms with van der Waals surface area (Å²) in [6.45, 7) is 0. The lowest BCUT2D eigenvalue weighted by atomic mass is 10.1. The van der Waals surface area contributed by atoms with Crippen molar-refractivity contribution in [1.82, 2.24) is 0 Å². The van der Waals surface area contributed by atoms with E-state index in [4.69, 9.17) is 4.74 Å². The standard InChI is InChI=1S/C17H12O2S/c18-17(10-9-16-6-3-11-20-16)19-15-8-7-13-4-1-2-5-14(13)12-15/h1-12H/b10-9+. The van der Waals surface area contributed by atoms with Crippen LogP contribution >= 0.6 is 11.3 Å². The Bertz CT molecular complexity index is 758. The summed E-state index contributed by atoms with van der Waals surface area (Å²) in [6, 6.07) is 17.5. The Morgan fingerprint density at radius 3 is 2.65 bits per heavy atom. The minimum atomic E-state index is -0.367. The van der Waals surface area contributed by atoms with Gasteiger partial charge in [0.05, 0.1) is 0 Å². The third kappa shape index (κ3) is 2.95. The third-order valence-electron chi connectivity index (χ3n) is 2.87. The van der Waals surface area contributed by atoms with Crippen LogP contribution in [0.2, 0.25) is 0 Å². The molecule has 20 heavy (non-hydrogen) atoms. The van der Waals surface area contributed by atoms with E-state index in [1.54, 1.807) is 23.5 Å². The molecule has 3 aromatic rings. The Kier molecular flexibility index (Phi) is 3.61. The SMILES string of the molecule is O=C(/C=C/c1cccs1)Oc1ccc2ccccc2c1. The maximum atomic E-state index is 11.7. The van der Waals surface area contributed by atoms with E-state index in [9.17, 15) is 4.79 Å². The molecule has 2 aromatic carbocycles. The van der Waals surface area contributed by atoms with Crippen molar-refractivity contribution in [2.24, 2.45) is 0 Å². The van der Waals surface area contributed by atoms with Crippen LogP contribution in [0, 0.1) is 0 Å². The molecule has 98 valence electrons. The molecule has 0 saturated carbocycles. The number of fused-ring (bicyclic) bond motifs is 1. The highest BCUT2D eigenvalue weighted by atomic mass is 32.1. The summed E-state index contributed by atoms with van der Waals surface area (Å²) in [6.07, 6.45) is 3.20. The highest BCUT2D eigenvalue weighted by Gasteiger charge is 2.02. The number of rotatable bonds is 3. The third-order valence-corrected chi connectivity index (χ3v) is 3.70. The molecule has 0 saturated heterocycles. The van der Waals surface area contributed by atoms with Gasteiger partial charge in [-0.1, -0.05) is 36.4 Å². The predicted molar refractivity (Wildman–Crippen MR) is 82.9 cm³/mol. The van der Waals surface area contributed by atoms with Crippen molar-refractivity contribution in [3.05, 3.63) is 70.9 Å². The van der Waals surface area contributed by atoms with Crippen molar-refractivity contribution < 1.29 is 9.53 Å². The van der Waals surface area contributed by atoms with Gasteiger partial charge in [-0.25, -0.2) is 4.79 Å². The summed E-state index contributed by atoms with van der Waals surface area (Å²) < 4.78 is 5.30. The Labute approximate surface area is 120 Å². The van der Waals surface area contributed by atoms with E-state index in [2.05, 4.69) is 0 Å². The van der Waals surface area contributed by atoms with E-state index >= 15 is 0 Å². The summed E-state index contributed by atoms with van der Waals surface area (Å²) in [5.41, 5.74) is 0. The topological polar surface area (TPSA) is 26.3 Å². The van der Waals surface area contributed by atoms with Crippen molar-refractivity contribution in [2.45, 2.75) is 0 Å². The van der Waals surface area contributed by atoms with Crippen LogP contribution in [0.3, 0.4) is 0 Å². The maximum Gasteiger partial charge on any atom is 0.336 e. The molecule has 0 radical (unpaired) electrons. The van der Waals surface area contributed by atoms with Crippen LogP contribution in [0.5, 0.6) is 5.75 Å². The van der Waals surface area contributed by atoms with Gasteiger partial charge in [-0.05, 0) is 40.4 Å². The van der Waals surface area contributed by atoms with E-state index in [0.29, 0.717) is 5.75 Å². The molecule has 0 spiro atoms. The molecular formula is C17H12O2S. The summed E-state index contributed by atoms with van der Waals surface area (Å²) >= 11 is 1.58. The van der Waals surface area contributed by atoms with Gasteiger partial charge in [0.2, 0.25) is 0 Å². The molecule has 0 aliphatic heterocycles. The predicted octanol–water partition coefficient (Wildman–Crippen LogP) is 4.52. The van der Waals surface area contributed by atoms with Crippen molar-refractivity contribution >= 4 is 34.2 Å². The van der Waals surface area contributed by atoms with Crippen LogP contribution < -0.4 is 4.74 Å². The molecule has 0 aliphatic carbocycles. The lowest BCUT2D eigenvalue weighted by Crippen LogP contribution is -2.03. The zero-order valence-electron chi connectivity index (χ0n) is 10.7. The number of carbonyl (C=O) groups is 1. The van der Waals surface area contributed by atoms with Gasteiger partial charge >= 0.3 is 5.97 Å². The first kappa shape index (κ1) is 12.6. The van der Waals surface area contributed by atoms with Crippen molar-refractivity contribution in [1.29, 1.82) is 0 Å². The number of hydrogen-bond acceptors (Lipinski definition) is 3. The number of thiophene rings is 1. The molecule has 3 heteroatoms. The van der Waals surface area contributed by atoms with Crippen LogP contribution in [-0.2, 0) is 4.79 Å². The van der Waals surface area contributed by atoms with E-state index in [1.165, 1.54) is 6.08 Å². The second-order valence-corrected chi connectivity index (χ2v) is 5.26. The van der Waals surface area contributed by atoms with Crippen molar-refractivity contribution in [3.8, 4) is 5.75 Å². The molecular weight excluding hydrogens is 268 g/mol. The molecule has 1 aromatic heterocycles. The maximum absolute atomic E-state index is 11.7. The first-order valence-electron chi connectivity index (χ1n) is 6.23. The average Bonchev–Trinajstić information content (AvgIpc) is 2.98. The van der Waals surface area contributed by atoms with Crippen LogP contribution in [-0.4, -0.2) is 5.97 Å².